The first-order chi connectivity index (χ1) is 11.9. The van der Waals surface area contributed by atoms with Crippen LogP contribution in [-0.2, 0) is 0 Å². The SMILES string of the molecule is CNc1ccc(-c2cc(C(C)C)cc3[nH]c(C(=O)N(C)C)cc23)nc1. The van der Waals surface area contributed by atoms with E-state index in [1.54, 1.807) is 19.0 Å². The summed E-state index contributed by atoms with van der Waals surface area (Å²) in [5, 5.41) is 4.10. The van der Waals surface area contributed by atoms with E-state index < -0.39 is 0 Å². The number of fused-ring (bicyclic) bond motifs is 1. The maximum absolute atomic E-state index is 12.3. The van der Waals surface area contributed by atoms with Crippen LogP contribution < -0.4 is 5.32 Å². The van der Waals surface area contributed by atoms with E-state index in [2.05, 4.69) is 41.3 Å². The Morgan fingerprint density at radius 3 is 2.52 bits per heavy atom. The first kappa shape index (κ1) is 17.0. The number of nitrogens with one attached hydrogen (secondary N) is 2. The molecule has 0 atom stereocenters. The van der Waals surface area contributed by atoms with Crippen molar-refractivity contribution in [3.8, 4) is 11.3 Å². The van der Waals surface area contributed by atoms with Crippen molar-refractivity contribution in [3.05, 3.63) is 47.8 Å². The fraction of sp³-hybridized carbons (Fsp3) is 0.300. The molecule has 0 fully saturated rings. The Morgan fingerprint density at radius 1 is 1.20 bits per heavy atom. The lowest BCUT2D eigenvalue weighted by atomic mass is 9.96. The highest BCUT2D eigenvalue weighted by molar-refractivity contribution is 6.02. The van der Waals surface area contributed by atoms with Gasteiger partial charge in [0.05, 0.1) is 17.6 Å². The normalized spacial score (nSPS) is 11.1. The van der Waals surface area contributed by atoms with E-state index in [1.165, 1.54) is 5.56 Å². The number of hydrogen-bond donors (Lipinski definition) is 2. The highest BCUT2D eigenvalue weighted by atomic mass is 16.2. The van der Waals surface area contributed by atoms with Crippen molar-refractivity contribution in [1.29, 1.82) is 0 Å². The number of aromatic nitrogens is 2. The van der Waals surface area contributed by atoms with Crippen molar-refractivity contribution in [2.24, 2.45) is 0 Å². The van der Waals surface area contributed by atoms with Crippen LogP contribution in [0.2, 0.25) is 0 Å². The molecule has 0 aliphatic rings. The second-order valence-corrected chi connectivity index (χ2v) is 6.75. The number of pyridine rings is 1. The fourth-order valence-corrected chi connectivity index (χ4v) is 2.86. The maximum Gasteiger partial charge on any atom is 0.269 e. The summed E-state index contributed by atoms with van der Waals surface area (Å²) < 4.78 is 0. The van der Waals surface area contributed by atoms with Gasteiger partial charge in [0, 0.05) is 37.6 Å². The molecule has 5 heteroatoms. The minimum Gasteiger partial charge on any atom is -0.387 e. The molecule has 5 nitrogen and oxygen atoms in total. The average molecular weight is 336 g/mol. The Morgan fingerprint density at radius 2 is 1.96 bits per heavy atom. The van der Waals surface area contributed by atoms with Crippen molar-refractivity contribution in [1.82, 2.24) is 14.9 Å². The van der Waals surface area contributed by atoms with Crippen molar-refractivity contribution in [3.63, 3.8) is 0 Å². The minimum atomic E-state index is -0.0354. The molecule has 0 aliphatic heterocycles. The third-order valence-electron chi connectivity index (χ3n) is 4.39. The Balaban J connectivity index is 2.21. The zero-order valence-corrected chi connectivity index (χ0v) is 15.3. The number of benzene rings is 1. The summed E-state index contributed by atoms with van der Waals surface area (Å²) in [5.41, 5.74) is 5.68. The van der Waals surface area contributed by atoms with Gasteiger partial charge < -0.3 is 15.2 Å². The Hall–Kier alpha value is -2.82. The van der Waals surface area contributed by atoms with E-state index in [0.29, 0.717) is 11.6 Å². The third-order valence-corrected chi connectivity index (χ3v) is 4.39. The zero-order chi connectivity index (χ0) is 18.1. The lowest BCUT2D eigenvalue weighted by Crippen LogP contribution is -2.21. The molecule has 130 valence electrons. The summed E-state index contributed by atoms with van der Waals surface area (Å²) in [4.78, 5) is 21.8. The summed E-state index contributed by atoms with van der Waals surface area (Å²) in [6, 6.07) is 10.2. The van der Waals surface area contributed by atoms with E-state index >= 15 is 0 Å². The molecule has 0 aliphatic carbocycles. The van der Waals surface area contributed by atoms with E-state index in [4.69, 9.17) is 0 Å². The maximum atomic E-state index is 12.3. The largest absolute Gasteiger partial charge is 0.387 e. The molecule has 2 heterocycles. The quantitative estimate of drug-likeness (QED) is 0.754. The molecular formula is C20H24N4O. The minimum absolute atomic E-state index is 0.0354. The predicted octanol–water partition coefficient (Wildman–Crippen LogP) is 4.10. The number of anilines is 1. The summed E-state index contributed by atoms with van der Waals surface area (Å²) >= 11 is 0. The van der Waals surface area contributed by atoms with Crippen molar-refractivity contribution >= 4 is 22.5 Å². The van der Waals surface area contributed by atoms with Crippen molar-refractivity contribution in [2.45, 2.75) is 19.8 Å². The molecule has 0 saturated heterocycles. The molecule has 0 bridgehead atoms. The van der Waals surface area contributed by atoms with E-state index in [-0.39, 0.29) is 5.91 Å². The van der Waals surface area contributed by atoms with Gasteiger partial charge in [-0.25, -0.2) is 0 Å². The van der Waals surface area contributed by atoms with Crippen LogP contribution in [-0.4, -0.2) is 41.9 Å². The van der Waals surface area contributed by atoms with Gasteiger partial charge >= 0.3 is 0 Å². The van der Waals surface area contributed by atoms with E-state index in [9.17, 15) is 4.79 Å². The first-order valence-corrected chi connectivity index (χ1v) is 8.43. The Labute approximate surface area is 148 Å². The average Bonchev–Trinajstić information content (AvgIpc) is 3.04. The lowest BCUT2D eigenvalue weighted by molar-refractivity contribution is 0.0823. The molecule has 1 amide bonds. The molecule has 3 aromatic rings. The predicted molar refractivity (Wildman–Crippen MR) is 103 cm³/mol. The topological polar surface area (TPSA) is 61.0 Å². The fourth-order valence-electron chi connectivity index (χ4n) is 2.86. The van der Waals surface area contributed by atoms with E-state index in [1.807, 2.05) is 31.4 Å². The van der Waals surface area contributed by atoms with Crippen LogP contribution in [0, 0.1) is 0 Å². The Kier molecular flexibility index (Phi) is 4.49. The number of rotatable bonds is 4. The van der Waals surface area contributed by atoms with Gasteiger partial charge in [-0.15, -0.1) is 0 Å². The van der Waals surface area contributed by atoms with Gasteiger partial charge in [0.25, 0.3) is 5.91 Å². The van der Waals surface area contributed by atoms with Crippen LogP contribution in [0.5, 0.6) is 0 Å². The van der Waals surface area contributed by atoms with Crippen molar-refractivity contribution in [2.75, 3.05) is 26.5 Å². The van der Waals surface area contributed by atoms with Crippen molar-refractivity contribution < 1.29 is 4.79 Å². The zero-order valence-electron chi connectivity index (χ0n) is 15.3. The van der Waals surface area contributed by atoms with Gasteiger partial charge in [0.1, 0.15) is 5.69 Å². The molecular weight excluding hydrogens is 312 g/mol. The van der Waals surface area contributed by atoms with Crippen LogP contribution in [0.15, 0.2) is 36.5 Å². The molecule has 0 unspecified atom stereocenters. The number of amides is 1. The molecule has 0 spiro atoms. The second kappa shape index (κ2) is 6.59. The third kappa shape index (κ3) is 3.22. The van der Waals surface area contributed by atoms with Gasteiger partial charge in [-0.1, -0.05) is 13.8 Å². The van der Waals surface area contributed by atoms with Crippen LogP contribution in [0.3, 0.4) is 0 Å². The molecule has 0 radical (unpaired) electrons. The van der Waals surface area contributed by atoms with Gasteiger partial charge in [0.2, 0.25) is 0 Å². The summed E-state index contributed by atoms with van der Waals surface area (Å²) in [5.74, 6) is 0.350. The molecule has 3 rings (SSSR count). The molecule has 2 N–H and O–H groups in total. The van der Waals surface area contributed by atoms with Crippen LogP contribution in [0.1, 0.15) is 35.8 Å². The first-order valence-electron chi connectivity index (χ1n) is 8.43. The number of carbonyl (C=O) groups is 1. The number of carbonyl (C=O) groups excluding carboxylic acids is 1. The standard InChI is InChI=1S/C20H24N4O/c1-12(2)13-8-15(17-7-6-14(21-3)11-22-17)16-10-19(20(25)24(4)5)23-18(16)9-13/h6-12,21,23H,1-5H3. The molecule has 1 aromatic carbocycles. The molecule has 0 saturated carbocycles. The number of hydrogen-bond acceptors (Lipinski definition) is 3. The van der Waals surface area contributed by atoms with Crippen LogP contribution in [0.25, 0.3) is 22.2 Å². The summed E-state index contributed by atoms with van der Waals surface area (Å²) in [6.07, 6.45) is 1.82. The van der Waals surface area contributed by atoms with Crippen LogP contribution in [0.4, 0.5) is 5.69 Å². The van der Waals surface area contributed by atoms with Gasteiger partial charge in [-0.2, -0.15) is 0 Å². The van der Waals surface area contributed by atoms with Gasteiger partial charge in [-0.05, 0) is 41.8 Å². The van der Waals surface area contributed by atoms with E-state index in [0.717, 1.165) is 27.8 Å². The molecule has 25 heavy (non-hydrogen) atoms. The number of aromatic amines is 1. The molecule has 2 aromatic heterocycles. The van der Waals surface area contributed by atoms with Gasteiger partial charge in [0.15, 0.2) is 0 Å². The highest BCUT2D eigenvalue weighted by Gasteiger charge is 2.16. The highest BCUT2D eigenvalue weighted by Crippen LogP contribution is 2.32. The number of H-pyrrole nitrogens is 1. The smallest absolute Gasteiger partial charge is 0.269 e. The van der Waals surface area contributed by atoms with Gasteiger partial charge in [-0.3, -0.25) is 9.78 Å². The summed E-state index contributed by atoms with van der Waals surface area (Å²) in [6.45, 7) is 4.33. The Bertz CT molecular complexity index is 907. The monoisotopic (exact) mass is 336 g/mol. The number of nitrogens with zero attached hydrogens (tertiary/aromatic N) is 2. The second-order valence-electron chi connectivity index (χ2n) is 6.75. The summed E-state index contributed by atoms with van der Waals surface area (Å²) in [7, 11) is 5.39. The van der Waals surface area contributed by atoms with Crippen LogP contribution >= 0.6 is 0 Å². The lowest BCUT2D eigenvalue weighted by Gasteiger charge is -2.10.